The first-order chi connectivity index (χ1) is 12.4. The molecule has 2 heteroatoms. The highest BCUT2D eigenvalue weighted by Gasteiger charge is 2.18. The monoisotopic (exact) mass is 358 g/mol. The summed E-state index contributed by atoms with van der Waals surface area (Å²) in [5.41, 5.74) is 3.19. The van der Waals surface area contributed by atoms with Gasteiger partial charge < -0.3 is 8.97 Å². The first-order valence-corrected chi connectivity index (χ1v) is 10.7. The number of quaternary nitrogens is 2. The summed E-state index contributed by atoms with van der Waals surface area (Å²) in [7, 11) is 9.53. The third-order valence-corrected chi connectivity index (χ3v) is 5.74. The van der Waals surface area contributed by atoms with Crippen molar-refractivity contribution in [1.29, 1.82) is 0 Å². The minimum atomic E-state index is 1.14. The van der Waals surface area contributed by atoms with Gasteiger partial charge in [0.1, 0.15) is 13.1 Å². The Morgan fingerprint density at radius 1 is 0.615 bits per heavy atom. The molecule has 0 spiro atoms. The molecule has 2 rings (SSSR count). The van der Waals surface area contributed by atoms with Crippen LogP contribution >= 0.6 is 0 Å². The van der Waals surface area contributed by atoms with Crippen LogP contribution in [-0.4, -0.2) is 63.3 Å². The van der Waals surface area contributed by atoms with E-state index in [1.807, 2.05) is 0 Å². The molecule has 0 unspecified atom stereocenters. The fraction of sp³-hybridized carbons (Fsp3) is 0.667. The largest absolute Gasteiger partial charge is 0.325 e. The summed E-state index contributed by atoms with van der Waals surface area (Å²) >= 11 is 0. The van der Waals surface area contributed by atoms with Gasteiger partial charge in [-0.05, 0) is 49.7 Å². The summed E-state index contributed by atoms with van der Waals surface area (Å²) in [5, 5.41) is 0. The Kier molecular flexibility index (Phi) is 8.37. The van der Waals surface area contributed by atoms with Gasteiger partial charge in [0.05, 0.1) is 41.3 Å². The Labute approximate surface area is 162 Å². The normalized spacial score (nSPS) is 17.1. The van der Waals surface area contributed by atoms with Gasteiger partial charge in [-0.15, -0.1) is 0 Å². The molecule has 0 radical (unpaired) electrons. The van der Waals surface area contributed by atoms with E-state index in [2.05, 4.69) is 64.6 Å². The molecule has 26 heavy (non-hydrogen) atoms. The second-order valence-corrected chi connectivity index (χ2v) is 9.67. The molecule has 0 saturated carbocycles. The molecule has 0 aromatic carbocycles. The quantitative estimate of drug-likeness (QED) is 0.311. The number of hydrogen-bond acceptors (Lipinski definition) is 0. The van der Waals surface area contributed by atoms with Crippen molar-refractivity contribution >= 4 is 0 Å². The van der Waals surface area contributed by atoms with Crippen LogP contribution in [0.25, 0.3) is 0 Å². The Hall–Kier alpha value is -1.12. The zero-order valence-electron chi connectivity index (χ0n) is 17.8. The van der Waals surface area contributed by atoms with Crippen molar-refractivity contribution in [3.63, 3.8) is 0 Å². The molecule has 0 fully saturated rings. The highest BCUT2D eigenvalue weighted by Crippen LogP contribution is 2.17. The van der Waals surface area contributed by atoms with Crippen LogP contribution in [0.2, 0.25) is 0 Å². The van der Waals surface area contributed by atoms with Gasteiger partial charge in [0, 0.05) is 0 Å². The highest BCUT2D eigenvalue weighted by molar-refractivity contribution is 5.23. The molecule has 0 aromatic rings. The van der Waals surface area contributed by atoms with E-state index in [9.17, 15) is 0 Å². The summed E-state index contributed by atoms with van der Waals surface area (Å²) < 4.78 is 2.29. The first-order valence-electron chi connectivity index (χ1n) is 10.7. The summed E-state index contributed by atoms with van der Waals surface area (Å²) in [4.78, 5) is 0. The van der Waals surface area contributed by atoms with Crippen LogP contribution < -0.4 is 0 Å². The summed E-state index contributed by atoms with van der Waals surface area (Å²) in [5.74, 6) is 0. The smallest absolute Gasteiger partial charge is 0.100 e. The molecule has 0 aromatic heterocycles. The van der Waals surface area contributed by atoms with Crippen LogP contribution in [0.4, 0.5) is 0 Å². The fourth-order valence-corrected chi connectivity index (χ4v) is 4.26. The molecule has 2 nitrogen and oxygen atoms in total. The molecule has 0 saturated heterocycles. The number of likely N-dealkylation sites (N-methyl/N-ethyl adjacent to an activating group) is 2. The standard InChI is InChI=1S/C24H42N2/c1-25(2,21-23-15-9-10-16-23)19-13-7-5-6-8-14-20-26(3,4)22-24-17-11-12-18-24/h9-12,15,17H,5-8,13-14,16,18-22H2,1-4H3/q+2. The molecule has 0 heterocycles. The van der Waals surface area contributed by atoms with Crippen LogP contribution in [0.5, 0.6) is 0 Å². The number of rotatable bonds is 13. The van der Waals surface area contributed by atoms with Crippen molar-refractivity contribution in [2.24, 2.45) is 0 Å². The van der Waals surface area contributed by atoms with Crippen molar-refractivity contribution in [3.8, 4) is 0 Å². The van der Waals surface area contributed by atoms with Crippen molar-refractivity contribution in [2.45, 2.75) is 51.4 Å². The van der Waals surface area contributed by atoms with Gasteiger partial charge in [-0.25, -0.2) is 0 Å². The van der Waals surface area contributed by atoms with E-state index in [-0.39, 0.29) is 0 Å². The van der Waals surface area contributed by atoms with Gasteiger partial charge in [-0.2, -0.15) is 0 Å². The van der Waals surface area contributed by atoms with Gasteiger partial charge >= 0.3 is 0 Å². The third kappa shape index (κ3) is 8.51. The van der Waals surface area contributed by atoms with Crippen molar-refractivity contribution in [1.82, 2.24) is 0 Å². The molecular weight excluding hydrogens is 316 g/mol. The van der Waals surface area contributed by atoms with Crippen molar-refractivity contribution < 1.29 is 8.97 Å². The lowest BCUT2D eigenvalue weighted by molar-refractivity contribution is -0.886. The Balaban J connectivity index is 1.46. The lowest BCUT2D eigenvalue weighted by atomic mass is 10.1. The van der Waals surface area contributed by atoms with Gasteiger partial charge in [-0.3, -0.25) is 0 Å². The maximum atomic E-state index is 2.38. The second kappa shape index (κ2) is 10.3. The highest BCUT2D eigenvalue weighted by atomic mass is 15.3. The summed E-state index contributed by atoms with van der Waals surface area (Å²) in [6.45, 7) is 5.05. The summed E-state index contributed by atoms with van der Waals surface area (Å²) in [6.07, 6.45) is 24.3. The minimum absolute atomic E-state index is 1.14. The predicted molar refractivity (Wildman–Crippen MR) is 115 cm³/mol. The lowest BCUT2D eigenvalue weighted by Crippen LogP contribution is -2.42. The van der Waals surface area contributed by atoms with E-state index < -0.39 is 0 Å². The van der Waals surface area contributed by atoms with Gasteiger partial charge in [-0.1, -0.05) is 49.3 Å². The molecule has 146 valence electrons. The fourth-order valence-electron chi connectivity index (χ4n) is 4.26. The number of allylic oxidation sites excluding steroid dienone is 6. The molecular formula is C24H42N2+2. The van der Waals surface area contributed by atoms with E-state index in [0.717, 1.165) is 8.97 Å². The first kappa shape index (κ1) is 21.2. The lowest BCUT2D eigenvalue weighted by Gasteiger charge is -2.30. The average molecular weight is 359 g/mol. The van der Waals surface area contributed by atoms with Gasteiger partial charge in [0.2, 0.25) is 0 Å². The SMILES string of the molecule is C[N+](C)(CCCCCCCC[N+](C)(C)CC1=CC=CC1)CC1=CC=CC1. The average Bonchev–Trinajstić information content (AvgIpc) is 3.23. The van der Waals surface area contributed by atoms with Gasteiger partial charge in [0.25, 0.3) is 0 Å². The molecule has 2 aliphatic rings. The zero-order chi connectivity index (χ0) is 18.9. The third-order valence-electron chi connectivity index (χ3n) is 5.74. The topological polar surface area (TPSA) is 0 Å². The van der Waals surface area contributed by atoms with Crippen LogP contribution in [0.1, 0.15) is 51.4 Å². The Morgan fingerprint density at radius 3 is 1.35 bits per heavy atom. The van der Waals surface area contributed by atoms with E-state index in [4.69, 9.17) is 0 Å². The van der Waals surface area contributed by atoms with Crippen LogP contribution in [-0.2, 0) is 0 Å². The number of hydrogen-bond donors (Lipinski definition) is 0. The van der Waals surface area contributed by atoms with E-state index in [0.29, 0.717) is 0 Å². The number of unbranched alkanes of at least 4 members (excludes halogenated alkanes) is 5. The van der Waals surface area contributed by atoms with Crippen molar-refractivity contribution in [3.05, 3.63) is 47.6 Å². The van der Waals surface area contributed by atoms with Crippen molar-refractivity contribution in [2.75, 3.05) is 54.4 Å². The molecule has 0 aliphatic heterocycles. The minimum Gasteiger partial charge on any atom is -0.325 e. The Bertz CT molecular complexity index is 497. The maximum Gasteiger partial charge on any atom is 0.100 e. The molecule has 0 atom stereocenters. The molecule has 2 aliphatic carbocycles. The van der Waals surface area contributed by atoms with Gasteiger partial charge in [0.15, 0.2) is 0 Å². The molecule has 0 N–H and O–H groups in total. The van der Waals surface area contributed by atoms with E-state index in [1.165, 1.54) is 77.5 Å². The molecule has 0 bridgehead atoms. The second-order valence-electron chi connectivity index (χ2n) is 9.67. The van der Waals surface area contributed by atoms with Crippen LogP contribution in [0.3, 0.4) is 0 Å². The van der Waals surface area contributed by atoms with Crippen LogP contribution in [0, 0.1) is 0 Å². The summed E-state index contributed by atoms with van der Waals surface area (Å²) in [6, 6.07) is 0. The zero-order valence-corrected chi connectivity index (χ0v) is 17.8. The number of nitrogens with zero attached hydrogens (tertiary/aromatic N) is 2. The maximum absolute atomic E-state index is 2.38. The van der Waals surface area contributed by atoms with Crippen LogP contribution in [0.15, 0.2) is 47.6 Å². The van der Waals surface area contributed by atoms with E-state index >= 15 is 0 Å². The van der Waals surface area contributed by atoms with E-state index in [1.54, 1.807) is 11.1 Å². The Morgan fingerprint density at radius 2 is 1.00 bits per heavy atom. The predicted octanol–water partition coefficient (Wildman–Crippen LogP) is 5.25. The molecule has 0 amide bonds.